The Morgan fingerprint density at radius 3 is 2.63 bits per heavy atom. The van der Waals surface area contributed by atoms with Crippen LogP contribution in [-0.2, 0) is 17.6 Å². The molecule has 0 aliphatic heterocycles. The molecule has 2 aromatic heterocycles. The summed E-state index contributed by atoms with van der Waals surface area (Å²) in [5.74, 6) is 0.404. The van der Waals surface area contributed by atoms with Gasteiger partial charge in [0.1, 0.15) is 6.33 Å². The quantitative estimate of drug-likeness (QED) is 0.395. The average Bonchev–Trinajstić information content (AvgIpc) is 3.20. The molecule has 0 saturated heterocycles. The minimum absolute atomic E-state index is 0.161. The molecule has 9 heteroatoms. The number of rotatable bonds is 7. The predicted molar refractivity (Wildman–Crippen MR) is 121 cm³/mol. The zero-order valence-corrected chi connectivity index (χ0v) is 18.3. The lowest BCUT2D eigenvalue weighted by Crippen LogP contribution is -2.43. The zero-order valence-electron chi connectivity index (χ0n) is 17.5. The van der Waals surface area contributed by atoms with Crippen LogP contribution in [0.3, 0.4) is 0 Å². The lowest BCUT2D eigenvalue weighted by atomic mass is 10.1. The van der Waals surface area contributed by atoms with Crippen LogP contribution in [0.4, 0.5) is 5.69 Å². The van der Waals surface area contributed by atoms with Crippen LogP contribution >= 0.6 is 12.2 Å². The van der Waals surface area contributed by atoms with Gasteiger partial charge in [-0.05, 0) is 68.6 Å². The van der Waals surface area contributed by atoms with Gasteiger partial charge in [-0.3, -0.25) is 15.6 Å². The molecule has 158 valence electrons. The first kappa shape index (κ1) is 21.6. The summed E-state index contributed by atoms with van der Waals surface area (Å²) in [5.41, 5.74) is 10.4. The zero-order chi connectivity index (χ0) is 21.5. The highest BCUT2D eigenvalue weighted by atomic mass is 32.1. The highest BCUT2D eigenvalue weighted by molar-refractivity contribution is 7.80. The number of amides is 1. The van der Waals surface area contributed by atoms with Gasteiger partial charge in [0.05, 0.1) is 0 Å². The molecule has 3 rings (SSSR count). The second kappa shape index (κ2) is 10.1. The molecule has 30 heavy (non-hydrogen) atoms. The molecule has 0 aliphatic rings. The Hall–Kier alpha value is -3.07. The number of anilines is 1. The number of nitrogens with one attached hydrogen (secondary N) is 3. The van der Waals surface area contributed by atoms with Crippen LogP contribution in [0.15, 0.2) is 30.6 Å². The monoisotopic (exact) mass is 425 g/mol. The number of nitrogens with zero attached hydrogens (tertiary/aromatic N) is 4. The van der Waals surface area contributed by atoms with E-state index in [1.165, 1.54) is 24.7 Å². The number of hydrogen-bond donors (Lipinski definition) is 3. The molecule has 0 saturated carbocycles. The number of aromatic nitrogens is 4. The van der Waals surface area contributed by atoms with Crippen LogP contribution in [0.2, 0.25) is 0 Å². The van der Waals surface area contributed by atoms with Gasteiger partial charge in [0.25, 0.3) is 5.78 Å². The first-order valence-corrected chi connectivity index (χ1v) is 10.5. The summed E-state index contributed by atoms with van der Waals surface area (Å²) >= 11 is 5.25. The summed E-state index contributed by atoms with van der Waals surface area (Å²) in [6.45, 7) is 6.05. The molecular weight excluding hydrogens is 398 g/mol. The van der Waals surface area contributed by atoms with Crippen LogP contribution in [-0.4, -0.2) is 30.6 Å². The molecule has 1 aromatic carbocycles. The number of unbranched alkanes of at least 4 members (excludes halogenated alkanes) is 1. The molecule has 1 amide bonds. The van der Waals surface area contributed by atoms with Gasteiger partial charge >= 0.3 is 0 Å². The third-order valence-electron chi connectivity index (χ3n) is 4.94. The van der Waals surface area contributed by atoms with Gasteiger partial charge in [0.2, 0.25) is 5.91 Å². The summed E-state index contributed by atoms with van der Waals surface area (Å²) in [5, 5.41) is 7.57. The van der Waals surface area contributed by atoms with Crippen molar-refractivity contribution in [3.63, 3.8) is 0 Å². The standard InChI is InChI=1S/C21H27N7OS/c1-4-5-6-16-7-9-17(10-8-16)25-21(30)27-26-19(29)12-11-18-14(2)24-20-22-13-23-28(20)15(18)3/h7-10,13H,4-6,11-12H2,1-3H3,(H,26,29)(H2,25,27,30). The number of aryl methyl sites for hydroxylation is 3. The van der Waals surface area contributed by atoms with Crippen molar-refractivity contribution in [1.29, 1.82) is 0 Å². The maximum atomic E-state index is 12.2. The molecule has 0 spiro atoms. The molecule has 0 bridgehead atoms. The molecule has 0 aliphatic carbocycles. The lowest BCUT2D eigenvalue weighted by molar-refractivity contribution is -0.121. The minimum Gasteiger partial charge on any atom is -0.331 e. The smallest absolute Gasteiger partial charge is 0.252 e. The van der Waals surface area contributed by atoms with E-state index >= 15 is 0 Å². The largest absolute Gasteiger partial charge is 0.331 e. The van der Waals surface area contributed by atoms with Crippen molar-refractivity contribution in [2.75, 3.05) is 5.32 Å². The van der Waals surface area contributed by atoms with Gasteiger partial charge < -0.3 is 5.32 Å². The summed E-state index contributed by atoms with van der Waals surface area (Å²) in [6, 6.07) is 8.15. The van der Waals surface area contributed by atoms with E-state index in [1.807, 2.05) is 26.0 Å². The fourth-order valence-corrected chi connectivity index (χ4v) is 3.41. The van der Waals surface area contributed by atoms with E-state index in [1.54, 1.807) is 4.52 Å². The number of carbonyl (C=O) groups excluding carboxylic acids is 1. The van der Waals surface area contributed by atoms with Crippen LogP contribution in [0.1, 0.15) is 48.7 Å². The highest BCUT2D eigenvalue weighted by Crippen LogP contribution is 2.15. The van der Waals surface area contributed by atoms with Gasteiger partial charge in [-0.15, -0.1) is 0 Å². The number of fused-ring (bicyclic) bond motifs is 1. The fraction of sp³-hybridized carbons (Fsp3) is 0.381. The molecule has 0 fully saturated rings. The van der Waals surface area contributed by atoms with E-state index in [0.29, 0.717) is 23.7 Å². The van der Waals surface area contributed by atoms with Crippen LogP contribution in [0.25, 0.3) is 5.78 Å². The molecule has 3 aromatic rings. The van der Waals surface area contributed by atoms with Crippen LogP contribution in [0, 0.1) is 13.8 Å². The number of hydrazine groups is 1. The van der Waals surface area contributed by atoms with E-state index in [9.17, 15) is 4.79 Å². The Bertz CT molecular complexity index is 1030. The highest BCUT2D eigenvalue weighted by Gasteiger charge is 2.12. The van der Waals surface area contributed by atoms with Crippen molar-refractivity contribution in [3.8, 4) is 0 Å². The van der Waals surface area contributed by atoms with Crippen molar-refractivity contribution >= 4 is 34.7 Å². The fourth-order valence-electron chi connectivity index (χ4n) is 3.24. The second-order valence-electron chi connectivity index (χ2n) is 7.16. The SMILES string of the molecule is CCCCc1ccc(NC(=S)NNC(=O)CCc2c(C)nc3ncnn3c2C)cc1. The molecular formula is C21H27N7OS. The molecule has 0 radical (unpaired) electrons. The number of carbonyl (C=O) groups is 1. The third kappa shape index (κ3) is 5.50. The van der Waals surface area contributed by atoms with Crippen molar-refractivity contribution in [1.82, 2.24) is 30.4 Å². The van der Waals surface area contributed by atoms with Crippen molar-refractivity contribution in [3.05, 3.63) is 53.1 Å². The summed E-state index contributed by atoms with van der Waals surface area (Å²) in [6.07, 6.45) is 5.76. The first-order chi connectivity index (χ1) is 14.5. The summed E-state index contributed by atoms with van der Waals surface area (Å²) in [4.78, 5) is 20.8. The van der Waals surface area contributed by atoms with Crippen molar-refractivity contribution in [2.45, 2.75) is 52.9 Å². The van der Waals surface area contributed by atoms with Gasteiger partial charge in [-0.2, -0.15) is 10.1 Å². The normalized spacial score (nSPS) is 10.8. The van der Waals surface area contributed by atoms with Gasteiger partial charge in [-0.1, -0.05) is 25.5 Å². The molecule has 2 heterocycles. The van der Waals surface area contributed by atoms with Crippen LogP contribution in [0.5, 0.6) is 0 Å². The molecule has 3 N–H and O–H groups in total. The van der Waals surface area contributed by atoms with Crippen molar-refractivity contribution < 1.29 is 4.79 Å². The molecule has 0 unspecified atom stereocenters. The Labute approximate surface area is 181 Å². The van der Waals surface area contributed by atoms with Gasteiger partial charge in [0, 0.05) is 23.5 Å². The second-order valence-corrected chi connectivity index (χ2v) is 7.57. The van der Waals surface area contributed by atoms with E-state index in [0.717, 1.165) is 29.1 Å². The molecule has 8 nitrogen and oxygen atoms in total. The van der Waals surface area contributed by atoms with E-state index in [2.05, 4.69) is 50.3 Å². The number of thiocarbonyl (C=S) groups is 1. The Balaban J connectivity index is 1.46. The Morgan fingerprint density at radius 2 is 1.90 bits per heavy atom. The van der Waals surface area contributed by atoms with E-state index in [4.69, 9.17) is 12.2 Å². The Morgan fingerprint density at radius 1 is 1.13 bits per heavy atom. The topological polar surface area (TPSA) is 96.2 Å². The predicted octanol–water partition coefficient (Wildman–Crippen LogP) is 3.03. The lowest BCUT2D eigenvalue weighted by Gasteiger charge is -2.13. The maximum Gasteiger partial charge on any atom is 0.252 e. The summed E-state index contributed by atoms with van der Waals surface area (Å²) < 4.78 is 1.69. The first-order valence-electron chi connectivity index (χ1n) is 10.1. The average molecular weight is 426 g/mol. The van der Waals surface area contributed by atoms with E-state index < -0.39 is 0 Å². The maximum absolute atomic E-state index is 12.2. The van der Waals surface area contributed by atoms with E-state index in [-0.39, 0.29) is 5.91 Å². The number of hydrogen-bond acceptors (Lipinski definition) is 5. The van der Waals surface area contributed by atoms with Crippen LogP contribution < -0.4 is 16.2 Å². The summed E-state index contributed by atoms with van der Waals surface area (Å²) in [7, 11) is 0. The number of benzene rings is 1. The van der Waals surface area contributed by atoms with Crippen molar-refractivity contribution in [2.24, 2.45) is 0 Å². The van der Waals surface area contributed by atoms with Gasteiger partial charge in [-0.25, -0.2) is 9.50 Å². The Kier molecular flexibility index (Phi) is 7.29. The third-order valence-corrected chi connectivity index (χ3v) is 5.14. The minimum atomic E-state index is -0.161. The van der Waals surface area contributed by atoms with Gasteiger partial charge in [0.15, 0.2) is 5.11 Å². The molecule has 0 atom stereocenters.